The molecule has 2 aromatic heterocycles. The summed E-state index contributed by atoms with van der Waals surface area (Å²) in [6.45, 7) is 2.08. The number of nitrogens with zero attached hydrogens (tertiary/aromatic N) is 2. The fourth-order valence-electron chi connectivity index (χ4n) is 2.17. The Labute approximate surface area is 139 Å². The summed E-state index contributed by atoms with van der Waals surface area (Å²) in [6, 6.07) is 10.9. The van der Waals surface area contributed by atoms with Crippen molar-refractivity contribution in [3.63, 3.8) is 0 Å². The van der Waals surface area contributed by atoms with E-state index in [9.17, 15) is 4.79 Å². The molecule has 0 radical (unpaired) electrons. The van der Waals surface area contributed by atoms with Crippen molar-refractivity contribution in [1.82, 2.24) is 9.97 Å². The van der Waals surface area contributed by atoms with E-state index in [1.165, 1.54) is 7.11 Å². The predicted octanol–water partition coefficient (Wildman–Crippen LogP) is 3.41. The van der Waals surface area contributed by atoms with Gasteiger partial charge in [0.25, 0.3) is 0 Å². The van der Waals surface area contributed by atoms with Crippen molar-refractivity contribution >= 4 is 5.97 Å². The standard InChI is InChI=1S/C18H16N2O4/c1-12-14(10-16(24-12)18(21)22-2)11-23-15-6-4-13(5-7-15)17-19-8-3-9-20-17/h3-10H,11H2,1-2H3. The molecule has 3 rings (SSSR count). The van der Waals surface area contributed by atoms with Gasteiger partial charge < -0.3 is 13.9 Å². The van der Waals surface area contributed by atoms with Crippen LogP contribution in [-0.4, -0.2) is 23.0 Å². The summed E-state index contributed by atoms with van der Waals surface area (Å²) in [5.41, 5.74) is 1.71. The number of rotatable bonds is 5. The SMILES string of the molecule is COC(=O)c1cc(COc2ccc(-c3ncccn3)cc2)c(C)o1. The minimum absolute atomic E-state index is 0.171. The first-order valence-electron chi connectivity index (χ1n) is 7.35. The van der Waals surface area contributed by atoms with Crippen molar-refractivity contribution in [1.29, 1.82) is 0 Å². The zero-order valence-electron chi connectivity index (χ0n) is 13.4. The van der Waals surface area contributed by atoms with Crippen LogP contribution in [0.15, 0.2) is 53.2 Å². The summed E-state index contributed by atoms with van der Waals surface area (Å²) < 4.78 is 15.7. The van der Waals surface area contributed by atoms with E-state index in [0.29, 0.717) is 23.9 Å². The van der Waals surface area contributed by atoms with Gasteiger partial charge in [0.1, 0.15) is 18.1 Å². The number of carbonyl (C=O) groups excluding carboxylic acids is 1. The molecule has 24 heavy (non-hydrogen) atoms. The Bertz CT molecular complexity index is 826. The highest BCUT2D eigenvalue weighted by atomic mass is 16.5. The number of carbonyl (C=O) groups is 1. The lowest BCUT2D eigenvalue weighted by Gasteiger charge is -2.06. The molecular weight excluding hydrogens is 308 g/mol. The lowest BCUT2D eigenvalue weighted by Crippen LogP contribution is -1.99. The number of aromatic nitrogens is 2. The van der Waals surface area contributed by atoms with E-state index in [2.05, 4.69) is 14.7 Å². The molecule has 6 heteroatoms. The van der Waals surface area contributed by atoms with Gasteiger partial charge in [-0.15, -0.1) is 0 Å². The van der Waals surface area contributed by atoms with Crippen LogP contribution in [0, 0.1) is 6.92 Å². The Morgan fingerprint density at radius 2 is 1.88 bits per heavy atom. The molecule has 0 aliphatic carbocycles. The van der Waals surface area contributed by atoms with Gasteiger partial charge in [0.15, 0.2) is 5.82 Å². The van der Waals surface area contributed by atoms with Crippen molar-refractivity contribution in [3.8, 4) is 17.1 Å². The lowest BCUT2D eigenvalue weighted by atomic mass is 10.2. The van der Waals surface area contributed by atoms with Gasteiger partial charge in [-0.3, -0.25) is 0 Å². The highest BCUT2D eigenvalue weighted by molar-refractivity contribution is 5.86. The van der Waals surface area contributed by atoms with Gasteiger partial charge in [-0.1, -0.05) is 0 Å². The van der Waals surface area contributed by atoms with Crippen LogP contribution in [-0.2, 0) is 11.3 Å². The van der Waals surface area contributed by atoms with Crippen LogP contribution in [0.5, 0.6) is 5.75 Å². The highest BCUT2D eigenvalue weighted by Gasteiger charge is 2.15. The second-order valence-electron chi connectivity index (χ2n) is 5.07. The molecule has 0 amide bonds. The molecule has 6 nitrogen and oxygen atoms in total. The molecule has 0 aliphatic rings. The summed E-state index contributed by atoms with van der Waals surface area (Å²) in [4.78, 5) is 19.9. The minimum Gasteiger partial charge on any atom is -0.489 e. The number of methoxy groups -OCH3 is 1. The van der Waals surface area contributed by atoms with Crippen molar-refractivity contribution in [3.05, 3.63) is 65.9 Å². The third kappa shape index (κ3) is 3.43. The third-order valence-electron chi connectivity index (χ3n) is 3.48. The number of furan rings is 1. The summed E-state index contributed by atoms with van der Waals surface area (Å²) >= 11 is 0. The first-order valence-corrected chi connectivity index (χ1v) is 7.35. The van der Waals surface area contributed by atoms with Crippen molar-refractivity contribution in [2.45, 2.75) is 13.5 Å². The van der Waals surface area contributed by atoms with E-state index in [-0.39, 0.29) is 5.76 Å². The van der Waals surface area contributed by atoms with Gasteiger partial charge >= 0.3 is 5.97 Å². The summed E-state index contributed by atoms with van der Waals surface area (Å²) in [7, 11) is 1.31. The van der Waals surface area contributed by atoms with Crippen LogP contribution < -0.4 is 4.74 Å². The van der Waals surface area contributed by atoms with Crippen molar-refractivity contribution < 1.29 is 18.7 Å². The lowest BCUT2D eigenvalue weighted by molar-refractivity contribution is 0.0563. The topological polar surface area (TPSA) is 74.5 Å². The molecule has 0 unspecified atom stereocenters. The maximum atomic E-state index is 11.5. The zero-order chi connectivity index (χ0) is 16.9. The average Bonchev–Trinajstić information content (AvgIpc) is 3.01. The predicted molar refractivity (Wildman–Crippen MR) is 86.6 cm³/mol. The van der Waals surface area contributed by atoms with Crippen LogP contribution in [0.2, 0.25) is 0 Å². The second-order valence-corrected chi connectivity index (χ2v) is 5.07. The van der Waals surface area contributed by atoms with Crippen LogP contribution >= 0.6 is 0 Å². The van der Waals surface area contributed by atoms with E-state index in [1.54, 1.807) is 31.5 Å². The summed E-state index contributed by atoms with van der Waals surface area (Å²) in [5.74, 6) is 1.67. The van der Waals surface area contributed by atoms with E-state index in [4.69, 9.17) is 9.15 Å². The van der Waals surface area contributed by atoms with E-state index < -0.39 is 5.97 Å². The van der Waals surface area contributed by atoms with Gasteiger partial charge in [0.05, 0.1) is 7.11 Å². The molecule has 2 heterocycles. The van der Waals surface area contributed by atoms with Gasteiger partial charge in [0.2, 0.25) is 5.76 Å². The van der Waals surface area contributed by atoms with Gasteiger partial charge in [-0.2, -0.15) is 0 Å². The highest BCUT2D eigenvalue weighted by Crippen LogP contribution is 2.21. The first-order chi connectivity index (χ1) is 11.7. The van der Waals surface area contributed by atoms with Crippen molar-refractivity contribution in [2.24, 2.45) is 0 Å². The van der Waals surface area contributed by atoms with Gasteiger partial charge in [-0.25, -0.2) is 14.8 Å². The second kappa shape index (κ2) is 6.95. The quantitative estimate of drug-likeness (QED) is 0.670. The Kier molecular flexibility index (Phi) is 4.56. The number of esters is 1. The first kappa shape index (κ1) is 15.7. The van der Waals surface area contributed by atoms with Crippen LogP contribution in [0.25, 0.3) is 11.4 Å². The normalized spacial score (nSPS) is 10.4. The zero-order valence-corrected chi connectivity index (χ0v) is 13.4. The van der Waals surface area contributed by atoms with Crippen LogP contribution in [0.3, 0.4) is 0 Å². The number of hydrogen-bond acceptors (Lipinski definition) is 6. The number of ether oxygens (including phenoxy) is 2. The van der Waals surface area contributed by atoms with Crippen LogP contribution in [0.1, 0.15) is 21.9 Å². The van der Waals surface area contributed by atoms with Crippen molar-refractivity contribution in [2.75, 3.05) is 7.11 Å². The number of benzene rings is 1. The summed E-state index contributed by atoms with van der Waals surface area (Å²) in [6.07, 6.45) is 3.40. The molecule has 0 aliphatic heterocycles. The largest absolute Gasteiger partial charge is 0.489 e. The molecular formula is C18H16N2O4. The Morgan fingerprint density at radius 1 is 1.17 bits per heavy atom. The maximum Gasteiger partial charge on any atom is 0.373 e. The van der Waals surface area contributed by atoms with E-state index in [0.717, 1.165) is 11.1 Å². The maximum absolute atomic E-state index is 11.5. The Balaban J connectivity index is 1.67. The van der Waals surface area contributed by atoms with Gasteiger partial charge in [-0.05, 0) is 43.3 Å². The monoisotopic (exact) mass is 324 g/mol. The molecule has 0 saturated heterocycles. The summed E-state index contributed by atoms with van der Waals surface area (Å²) in [5, 5.41) is 0. The molecule has 122 valence electrons. The molecule has 0 bridgehead atoms. The smallest absolute Gasteiger partial charge is 0.373 e. The number of hydrogen-bond donors (Lipinski definition) is 0. The Morgan fingerprint density at radius 3 is 2.54 bits per heavy atom. The fraction of sp³-hybridized carbons (Fsp3) is 0.167. The fourth-order valence-corrected chi connectivity index (χ4v) is 2.17. The molecule has 0 spiro atoms. The average molecular weight is 324 g/mol. The van der Waals surface area contributed by atoms with E-state index in [1.807, 2.05) is 24.3 Å². The molecule has 3 aromatic rings. The molecule has 1 aromatic carbocycles. The molecule has 0 N–H and O–H groups in total. The van der Waals surface area contributed by atoms with Gasteiger partial charge in [0, 0.05) is 23.5 Å². The minimum atomic E-state index is -0.503. The third-order valence-corrected chi connectivity index (χ3v) is 3.48. The molecule has 0 saturated carbocycles. The molecule has 0 fully saturated rings. The van der Waals surface area contributed by atoms with Crippen LogP contribution in [0.4, 0.5) is 0 Å². The Hall–Kier alpha value is -3.15. The van der Waals surface area contributed by atoms with E-state index >= 15 is 0 Å². The number of aryl methyl sites for hydroxylation is 1. The molecule has 0 atom stereocenters.